The lowest BCUT2D eigenvalue weighted by molar-refractivity contribution is 0.858. The molecule has 3 N–H and O–H groups in total. The lowest BCUT2D eigenvalue weighted by Crippen LogP contribution is -2.11. The average molecular weight is 345 g/mol. The summed E-state index contributed by atoms with van der Waals surface area (Å²) in [6, 6.07) is 16.1. The van der Waals surface area contributed by atoms with Gasteiger partial charge >= 0.3 is 0 Å². The lowest BCUT2D eigenvalue weighted by atomic mass is 10.1. The van der Waals surface area contributed by atoms with Crippen LogP contribution in [-0.4, -0.2) is 31.3 Å². The van der Waals surface area contributed by atoms with E-state index in [1.54, 1.807) is 11.0 Å². The zero-order chi connectivity index (χ0) is 17.8. The van der Waals surface area contributed by atoms with E-state index in [4.69, 9.17) is 5.73 Å². The molecule has 2 heterocycles. The Balaban J connectivity index is 1.67. The maximum Gasteiger partial charge on any atom is 0.138 e. The molecule has 2 aromatic heterocycles. The maximum atomic E-state index is 5.68. The molecule has 0 bridgehead atoms. The normalized spacial score (nSPS) is 11.0. The van der Waals surface area contributed by atoms with Crippen molar-refractivity contribution in [3.63, 3.8) is 0 Å². The van der Waals surface area contributed by atoms with Gasteiger partial charge in [-0.05, 0) is 30.3 Å². The number of para-hydroxylation sites is 2. The molecule has 4 rings (SSSR count). The molecule has 7 nitrogen and oxygen atoms in total. The SMILES string of the molecule is NCCc1nc(NCc2ccccc2-n2cncn2)c2ccccc2n1. The highest BCUT2D eigenvalue weighted by Gasteiger charge is 2.09. The van der Waals surface area contributed by atoms with Crippen LogP contribution in [-0.2, 0) is 13.0 Å². The molecule has 7 heteroatoms. The van der Waals surface area contributed by atoms with E-state index in [1.807, 2.05) is 42.5 Å². The van der Waals surface area contributed by atoms with Crippen molar-refractivity contribution < 1.29 is 0 Å². The van der Waals surface area contributed by atoms with E-state index in [2.05, 4.69) is 31.4 Å². The average Bonchev–Trinajstić information content (AvgIpc) is 3.21. The molecular formula is C19H19N7. The van der Waals surface area contributed by atoms with E-state index in [-0.39, 0.29) is 0 Å². The van der Waals surface area contributed by atoms with Crippen molar-refractivity contribution in [2.45, 2.75) is 13.0 Å². The summed E-state index contributed by atoms with van der Waals surface area (Å²) in [5.74, 6) is 1.56. The first-order valence-corrected chi connectivity index (χ1v) is 8.47. The van der Waals surface area contributed by atoms with Crippen LogP contribution in [0.2, 0.25) is 0 Å². The van der Waals surface area contributed by atoms with Crippen LogP contribution in [0.25, 0.3) is 16.6 Å². The van der Waals surface area contributed by atoms with E-state index < -0.39 is 0 Å². The summed E-state index contributed by atoms with van der Waals surface area (Å²) in [6.07, 6.45) is 3.87. The van der Waals surface area contributed by atoms with Crippen LogP contribution >= 0.6 is 0 Å². The number of hydrogen-bond donors (Lipinski definition) is 2. The first-order chi connectivity index (χ1) is 12.8. The molecule has 0 amide bonds. The smallest absolute Gasteiger partial charge is 0.138 e. The molecule has 0 aliphatic heterocycles. The first-order valence-electron chi connectivity index (χ1n) is 8.47. The van der Waals surface area contributed by atoms with Gasteiger partial charge in [0.25, 0.3) is 0 Å². The fourth-order valence-corrected chi connectivity index (χ4v) is 2.90. The molecule has 0 atom stereocenters. The van der Waals surface area contributed by atoms with Crippen molar-refractivity contribution in [1.29, 1.82) is 0 Å². The summed E-state index contributed by atoms with van der Waals surface area (Å²) < 4.78 is 1.76. The Bertz CT molecular complexity index is 1010. The fourth-order valence-electron chi connectivity index (χ4n) is 2.90. The number of nitrogens with zero attached hydrogens (tertiary/aromatic N) is 5. The molecule has 0 radical (unpaired) electrons. The molecule has 0 saturated heterocycles. The summed E-state index contributed by atoms with van der Waals surface area (Å²) >= 11 is 0. The number of fused-ring (bicyclic) bond motifs is 1. The maximum absolute atomic E-state index is 5.68. The number of hydrogen-bond acceptors (Lipinski definition) is 6. The monoisotopic (exact) mass is 345 g/mol. The summed E-state index contributed by atoms with van der Waals surface area (Å²) in [7, 11) is 0. The first kappa shape index (κ1) is 16.2. The van der Waals surface area contributed by atoms with Crippen molar-refractivity contribution in [2.24, 2.45) is 5.73 Å². The molecule has 130 valence electrons. The highest BCUT2D eigenvalue weighted by atomic mass is 15.3. The molecule has 4 aromatic rings. The van der Waals surface area contributed by atoms with Crippen LogP contribution in [0, 0.1) is 0 Å². The number of nitrogens with one attached hydrogen (secondary N) is 1. The Morgan fingerprint density at radius 3 is 2.69 bits per heavy atom. The van der Waals surface area contributed by atoms with Crippen LogP contribution in [0.1, 0.15) is 11.4 Å². The zero-order valence-corrected chi connectivity index (χ0v) is 14.2. The van der Waals surface area contributed by atoms with Crippen LogP contribution < -0.4 is 11.1 Å². The van der Waals surface area contributed by atoms with Crippen molar-refractivity contribution in [3.05, 3.63) is 72.6 Å². The summed E-state index contributed by atoms with van der Waals surface area (Å²) in [4.78, 5) is 13.3. The third kappa shape index (κ3) is 3.25. The van der Waals surface area contributed by atoms with Crippen LogP contribution in [0.3, 0.4) is 0 Å². The Morgan fingerprint density at radius 1 is 1.00 bits per heavy atom. The van der Waals surface area contributed by atoms with Gasteiger partial charge in [0.1, 0.15) is 24.3 Å². The third-order valence-corrected chi connectivity index (χ3v) is 4.12. The van der Waals surface area contributed by atoms with Gasteiger partial charge in [0.2, 0.25) is 0 Å². The predicted octanol–water partition coefficient (Wildman–Crippen LogP) is 2.32. The minimum Gasteiger partial charge on any atom is -0.365 e. The van der Waals surface area contributed by atoms with Gasteiger partial charge in [0.05, 0.1) is 11.2 Å². The highest BCUT2D eigenvalue weighted by molar-refractivity contribution is 5.89. The van der Waals surface area contributed by atoms with Gasteiger partial charge in [0, 0.05) is 18.4 Å². The van der Waals surface area contributed by atoms with Crippen LogP contribution in [0.5, 0.6) is 0 Å². The second-order valence-electron chi connectivity index (χ2n) is 5.87. The van der Waals surface area contributed by atoms with Gasteiger partial charge in [-0.1, -0.05) is 30.3 Å². The quantitative estimate of drug-likeness (QED) is 0.557. The van der Waals surface area contributed by atoms with Gasteiger partial charge in [-0.2, -0.15) is 5.10 Å². The van der Waals surface area contributed by atoms with E-state index in [0.717, 1.165) is 33.8 Å². The van der Waals surface area contributed by atoms with Crippen LogP contribution in [0.15, 0.2) is 61.2 Å². The fraction of sp³-hybridized carbons (Fsp3) is 0.158. The second kappa shape index (κ2) is 7.28. The molecular weight excluding hydrogens is 326 g/mol. The minimum absolute atomic E-state index is 0.521. The van der Waals surface area contributed by atoms with Gasteiger partial charge < -0.3 is 11.1 Å². The Morgan fingerprint density at radius 2 is 1.85 bits per heavy atom. The van der Waals surface area contributed by atoms with Crippen molar-refractivity contribution in [2.75, 3.05) is 11.9 Å². The number of rotatable bonds is 6. The molecule has 0 fully saturated rings. The highest BCUT2D eigenvalue weighted by Crippen LogP contribution is 2.22. The molecule has 0 saturated carbocycles. The number of anilines is 1. The van der Waals surface area contributed by atoms with Crippen molar-refractivity contribution in [3.8, 4) is 5.69 Å². The third-order valence-electron chi connectivity index (χ3n) is 4.12. The van der Waals surface area contributed by atoms with Crippen molar-refractivity contribution >= 4 is 16.7 Å². The van der Waals surface area contributed by atoms with Crippen molar-refractivity contribution in [1.82, 2.24) is 24.7 Å². The second-order valence-corrected chi connectivity index (χ2v) is 5.87. The van der Waals surface area contributed by atoms with Gasteiger partial charge in [-0.15, -0.1) is 0 Å². The molecule has 26 heavy (non-hydrogen) atoms. The lowest BCUT2D eigenvalue weighted by Gasteiger charge is -2.13. The standard InChI is InChI=1S/C19H19N7/c20-10-9-18-24-16-7-3-2-6-15(16)19(25-18)22-11-14-5-1-4-8-17(14)26-13-21-12-23-26/h1-8,12-13H,9-11,20H2,(H,22,24,25). The Labute approximate surface area is 150 Å². The van der Waals surface area contributed by atoms with Crippen LogP contribution in [0.4, 0.5) is 5.82 Å². The molecule has 0 unspecified atom stereocenters. The van der Waals surface area contributed by atoms with E-state index in [9.17, 15) is 0 Å². The zero-order valence-electron chi connectivity index (χ0n) is 14.2. The van der Waals surface area contributed by atoms with E-state index >= 15 is 0 Å². The molecule has 0 spiro atoms. The van der Waals surface area contributed by atoms with Gasteiger partial charge in [-0.3, -0.25) is 0 Å². The van der Waals surface area contributed by atoms with Gasteiger partial charge in [0.15, 0.2) is 0 Å². The molecule has 0 aliphatic carbocycles. The summed E-state index contributed by atoms with van der Waals surface area (Å²) in [5, 5.41) is 8.67. The summed E-state index contributed by atoms with van der Waals surface area (Å²) in [5.41, 5.74) is 8.68. The number of nitrogens with two attached hydrogens (primary N) is 1. The summed E-state index contributed by atoms with van der Waals surface area (Å²) in [6.45, 7) is 1.13. The number of benzene rings is 2. The topological polar surface area (TPSA) is 94.5 Å². The minimum atomic E-state index is 0.521. The van der Waals surface area contributed by atoms with E-state index in [0.29, 0.717) is 19.5 Å². The number of aromatic nitrogens is 5. The van der Waals surface area contributed by atoms with Gasteiger partial charge in [-0.25, -0.2) is 19.6 Å². The molecule has 2 aromatic carbocycles. The Kier molecular flexibility index (Phi) is 4.53. The molecule has 0 aliphatic rings. The van der Waals surface area contributed by atoms with E-state index in [1.165, 1.54) is 6.33 Å². The predicted molar refractivity (Wildman–Crippen MR) is 101 cm³/mol. The largest absolute Gasteiger partial charge is 0.365 e. The Hall–Kier alpha value is -3.32.